The number of rotatable bonds is 8. The molecule has 1 aromatic heterocycles. The van der Waals surface area contributed by atoms with Crippen LogP contribution in [0.25, 0.3) is 11.3 Å². The number of carbonyl (C=O) groups is 1. The van der Waals surface area contributed by atoms with E-state index in [1.807, 2.05) is 13.0 Å². The quantitative estimate of drug-likeness (QED) is 0.380. The van der Waals surface area contributed by atoms with Crippen LogP contribution in [0.3, 0.4) is 0 Å². The average molecular weight is 373 g/mol. The predicted molar refractivity (Wildman–Crippen MR) is 98.9 cm³/mol. The highest BCUT2D eigenvalue weighted by atomic mass is 35.5. The van der Waals surface area contributed by atoms with E-state index in [0.29, 0.717) is 34.9 Å². The van der Waals surface area contributed by atoms with Crippen molar-refractivity contribution in [2.45, 2.75) is 44.4 Å². The van der Waals surface area contributed by atoms with Gasteiger partial charge in [0.05, 0.1) is 0 Å². The van der Waals surface area contributed by atoms with E-state index in [9.17, 15) is 4.79 Å². The average Bonchev–Trinajstić information content (AvgIpc) is 3.55. The Morgan fingerprint density at radius 3 is 2.54 bits per heavy atom. The van der Waals surface area contributed by atoms with Crippen molar-refractivity contribution >= 4 is 17.9 Å². The lowest BCUT2D eigenvalue weighted by molar-refractivity contribution is 0.0227. The van der Waals surface area contributed by atoms with Crippen LogP contribution >= 0.6 is 11.6 Å². The standard InChI is InChI=1S/C20H21ClN2O3/c1-2-25-11-26-16-9-12(10-24)3-8-15(16)19-17(13-4-5-13)18(14-6-7-14)20(21)23-22-19/h3,8-10,13-14H,2,4-7,11H2,1H3. The second-order valence-corrected chi connectivity index (χ2v) is 7.20. The maximum absolute atomic E-state index is 11.2. The smallest absolute Gasteiger partial charge is 0.189 e. The molecule has 2 fully saturated rings. The van der Waals surface area contributed by atoms with Gasteiger partial charge in [-0.1, -0.05) is 17.7 Å². The normalized spacial score (nSPS) is 16.5. The predicted octanol–water partition coefficient (Wildman–Crippen LogP) is 4.74. The first-order valence-corrected chi connectivity index (χ1v) is 9.46. The maximum atomic E-state index is 11.2. The Morgan fingerprint density at radius 2 is 1.88 bits per heavy atom. The van der Waals surface area contributed by atoms with E-state index in [2.05, 4.69) is 10.2 Å². The van der Waals surface area contributed by atoms with Gasteiger partial charge in [-0.25, -0.2) is 0 Å². The molecule has 6 heteroatoms. The number of aromatic nitrogens is 2. The lowest BCUT2D eigenvalue weighted by Gasteiger charge is -2.17. The number of hydrogen-bond acceptors (Lipinski definition) is 5. The van der Waals surface area contributed by atoms with E-state index in [0.717, 1.165) is 48.8 Å². The summed E-state index contributed by atoms with van der Waals surface area (Å²) in [4.78, 5) is 11.2. The molecule has 0 radical (unpaired) electrons. The first-order chi connectivity index (χ1) is 12.7. The summed E-state index contributed by atoms with van der Waals surface area (Å²) < 4.78 is 11.1. The molecule has 1 aromatic carbocycles. The van der Waals surface area contributed by atoms with Crippen molar-refractivity contribution in [2.24, 2.45) is 0 Å². The highest BCUT2D eigenvalue weighted by Gasteiger charge is 2.38. The molecule has 4 rings (SSSR count). The summed E-state index contributed by atoms with van der Waals surface area (Å²) in [5.41, 5.74) is 4.59. The van der Waals surface area contributed by atoms with Gasteiger partial charge in [-0.05, 0) is 62.1 Å². The Balaban J connectivity index is 1.82. The molecule has 0 amide bonds. The van der Waals surface area contributed by atoms with Gasteiger partial charge in [0.25, 0.3) is 0 Å². The molecule has 0 bridgehead atoms. The Kier molecular flexibility index (Phi) is 4.92. The van der Waals surface area contributed by atoms with Crippen LogP contribution in [0.5, 0.6) is 5.75 Å². The number of ether oxygens (including phenoxy) is 2. The minimum atomic E-state index is 0.126. The second kappa shape index (κ2) is 7.33. The zero-order valence-electron chi connectivity index (χ0n) is 14.7. The third-order valence-corrected chi connectivity index (χ3v) is 5.15. The minimum Gasteiger partial charge on any atom is -0.467 e. The molecule has 2 aliphatic rings. The van der Waals surface area contributed by atoms with Crippen LogP contribution in [-0.2, 0) is 4.74 Å². The summed E-state index contributed by atoms with van der Waals surface area (Å²) in [6, 6.07) is 5.39. The van der Waals surface area contributed by atoms with Crippen molar-refractivity contribution in [3.63, 3.8) is 0 Å². The number of halogens is 1. The largest absolute Gasteiger partial charge is 0.467 e. The SMILES string of the molecule is CCOCOc1cc(C=O)ccc1-c1nnc(Cl)c(C2CC2)c1C1CC1. The first kappa shape index (κ1) is 17.4. The molecular weight excluding hydrogens is 352 g/mol. The third kappa shape index (κ3) is 3.46. The lowest BCUT2D eigenvalue weighted by atomic mass is 9.95. The highest BCUT2D eigenvalue weighted by molar-refractivity contribution is 6.30. The van der Waals surface area contributed by atoms with Gasteiger partial charge in [-0.15, -0.1) is 10.2 Å². The second-order valence-electron chi connectivity index (χ2n) is 6.84. The molecule has 0 aliphatic heterocycles. The topological polar surface area (TPSA) is 61.3 Å². The van der Waals surface area contributed by atoms with Gasteiger partial charge < -0.3 is 9.47 Å². The number of nitrogens with zero attached hydrogens (tertiary/aromatic N) is 2. The Bertz CT molecular complexity index is 832. The molecule has 0 N–H and O–H groups in total. The monoisotopic (exact) mass is 372 g/mol. The van der Waals surface area contributed by atoms with E-state index in [1.54, 1.807) is 12.1 Å². The van der Waals surface area contributed by atoms with Crippen molar-refractivity contribution in [1.29, 1.82) is 0 Å². The third-order valence-electron chi connectivity index (χ3n) is 4.88. The summed E-state index contributed by atoms with van der Waals surface area (Å²) >= 11 is 6.41. The van der Waals surface area contributed by atoms with Crippen LogP contribution in [0.1, 0.15) is 65.9 Å². The van der Waals surface area contributed by atoms with Crippen LogP contribution in [-0.4, -0.2) is 29.9 Å². The molecule has 0 unspecified atom stereocenters. The summed E-state index contributed by atoms with van der Waals surface area (Å²) in [7, 11) is 0. The van der Waals surface area contributed by atoms with Crippen molar-refractivity contribution in [3.8, 4) is 17.0 Å². The van der Waals surface area contributed by atoms with Gasteiger partial charge >= 0.3 is 0 Å². The molecule has 2 saturated carbocycles. The molecule has 136 valence electrons. The fourth-order valence-corrected chi connectivity index (χ4v) is 3.59. The van der Waals surface area contributed by atoms with Crippen LogP contribution in [0, 0.1) is 0 Å². The summed E-state index contributed by atoms with van der Waals surface area (Å²) in [5.74, 6) is 1.57. The molecule has 26 heavy (non-hydrogen) atoms. The van der Waals surface area contributed by atoms with Crippen molar-refractivity contribution in [1.82, 2.24) is 10.2 Å². The van der Waals surface area contributed by atoms with Crippen molar-refractivity contribution in [2.75, 3.05) is 13.4 Å². The lowest BCUT2D eigenvalue weighted by Crippen LogP contribution is -2.06. The first-order valence-electron chi connectivity index (χ1n) is 9.09. The van der Waals surface area contributed by atoms with Crippen molar-refractivity contribution < 1.29 is 14.3 Å². The number of carbonyl (C=O) groups excluding carboxylic acids is 1. The van der Waals surface area contributed by atoms with Crippen LogP contribution in [0.2, 0.25) is 5.15 Å². The van der Waals surface area contributed by atoms with Crippen LogP contribution < -0.4 is 4.74 Å². The molecule has 1 heterocycles. The number of hydrogen-bond donors (Lipinski definition) is 0. The zero-order valence-corrected chi connectivity index (χ0v) is 15.5. The fourth-order valence-electron chi connectivity index (χ4n) is 3.30. The van der Waals surface area contributed by atoms with Gasteiger partial charge in [0.2, 0.25) is 0 Å². The molecule has 0 saturated heterocycles. The maximum Gasteiger partial charge on any atom is 0.189 e. The highest BCUT2D eigenvalue weighted by Crippen LogP contribution is 2.53. The van der Waals surface area contributed by atoms with E-state index in [-0.39, 0.29) is 6.79 Å². The van der Waals surface area contributed by atoms with Gasteiger partial charge in [0, 0.05) is 23.3 Å². The molecular formula is C20H21ClN2O3. The summed E-state index contributed by atoms with van der Waals surface area (Å²) in [5, 5.41) is 9.19. The Labute approximate surface area is 157 Å². The fraction of sp³-hybridized carbons (Fsp3) is 0.450. The van der Waals surface area contributed by atoms with E-state index >= 15 is 0 Å². The minimum absolute atomic E-state index is 0.126. The van der Waals surface area contributed by atoms with E-state index in [1.165, 1.54) is 5.56 Å². The summed E-state index contributed by atoms with van der Waals surface area (Å²) in [6.45, 7) is 2.59. The molecule has 0 atom stereocenters. The molecule has 2 aliphatic carbocycles. The van der Waals surface area contributed by atoms with Gasteiger partial charge in [-0.3, -0.25) is 4.79 Å². The number of benzene rings is 1. The number of aldehydes is 1. The molecule has 0 spiro atoms. The van der Waals surface area contributed by atoms with Gasteiger partial charge in [-0.2, -0.15) is 0 Å². The van der Waals surface area contributed by atoms with E-state index < -0.39 is 0 Å². The zero-order chi connectivity index (χ0) is 18.1. The summed E-state index contributed by atoms with van der Waals surface area (Å²) in [6.07, 6.45) is 5.42. The molecule has 2 aromatic rings. The van der Waals surface area contributed by atoms with Crippen molar-refractivity contribution in [3.05, 3.63) is 40.0 Å². The molecule has 5 nitrogen and oxygen atoms in total. The van der Waals surface area contributed by atoms with Gasteiger partial charge in [0.1, 0.15) is 17.7 Å². The van der Waals surface area contributed by atoms with Crippen LogP contribution in [0.4, 0.5) is 0 Å². The Morgan fingerprint density at radius 1 is 1.15 bits per heavy atom. The Hall–Kier alpha value is -1.98. The van der Waals surface area contributed by atoms with Crippen LogP contribution in [0.15, 0.2) is 18.2 Å². The van der Waals surface area contributed by atoms with E-state index in [4.69, 9.17) is 21.1 Å². The van der Waals surface area contributed by atoms with Gasteiger partial charge in [0.15, 0.2) is 11.9 Å².